The summed E-state index contributed by atoms with van der Waals surface area (Å²) in [4.78, 5) is 23.7. The van der Waals surface area contributed by atoms with Gasteiger partial charge in [-0.3, -0.25) is 4.79 Å². The van der Waals surface area contributed by atoms with E-state index < -0.39 is 0 Å². The zero-order chi connectivity index (χ0) is 19.7. The molecular weight excluding hydrogens is 420 g/mol. The van der Waals surface area contributed by atoms with Gasteiger partial charge in [-0.1, -0.05) is 22.9 Å². The number of hydrogen-bond donors (Lipinski definition) is 1. The van der Waals surface area contributed by atoms with Gasteiger partial charge in [-0.2, -0.15) is 5.10 Å². The van der Waals surface area contributed by atoms with E-state index in [0.29, 0.717) is 5.65 Å². The number of rotatable bonds is 4. The predicted octanol–water partition coefficient (Wildman–Crippen LogP) is 3.77. The normalized spacial score (nSPS) is 15.2. The molecule has 0 saturated carbocycles. The van der Waals surface area contributed by atoms with E-state index in [1.165, 1.54) is 0 Å². The van der Waals surface area contributed by atoms with Gasteiger partial charge >= 0.3 is 0 Å². The average Bonchev–Trinajstić information content (AvgIpc) is 3.08. The molecule has 1 fully saturated rings. The van der Waals surface area contributed by atoms with Gasteiger partial charge in [-0.25, -0.2) is 14.6 Å². The first-order valence-corrected chi connectivity index (χ1v) is 10.3. The molecule has 1 N–H and O–H groups in total. The second-order valence-electron chi connectivity index (χ2n) is 7.42. The molecule has 1 aliphatic heterocycles. The number of nitrogens with zero attached hydrogens (tertiary/aromatic N) is 5. The zero-order valence-corrected chi connectivity index (χ0v) is 17.6. The van der Waals surface area contributed by atoms with E-state index in [1.54, 1.807) is 17.2 Å². The van der Waals surface area contributed by atoms with E-state index in [-0.39, 0.29) is 12.5 Å². The first kappa shape index (κ1) is 18.9. The molecule has 0 unspecified atom stereocenters. The fourth-order valence-corrected chi connectivity index (χ4v) is 3.77. The standard InChI is InChI=1S/C20H23BrN6O/c1-13-5-7-26(8-6-13)19-16-10-24-27(20(16)23-12-22-19)11-18(28)25-15-3-4-17(21)14(2)9-15/h3-4,9-10,12-13H,5-8,11H2,1-2H3,(H,25,28). The van der Waals surface area contributed by atoms with Crippen LogP contribution >= 0.6 is 15.9 Å². The maximum atomic E-state index is 12.5. The van der Waals surface area contributed by atoms with Gasteiger partial charge in [0.15, 0.2) is 5.65 Å². The van der Waals surface area contributed by atoms with Crippen LogP contribution in [0, 0.1) is 12.8 Å². The second kappa shape index (κ2) is 7.87. The number of carbonyl (C=O) groups is 1. The van der Waals surface area contributed by atoms with Gasteiger partial charge in [0.2, 0.25) is 5.91 Å². The number of piperidine rings is 1. The number of aryl methyl sites for hydroxylation is 1. The number of aromatic nitrogens is 4. The Morgan fingerprint density at radius 3 is 2.82 bits per heavy atom. The number of anilines is 2. The van der Waals surface area contributed by atoms with E-state index in [1.807, 2.05) is 25.1 Å². The molecule has 28 heavy (non-hydrogen) atoms. The van der Waals surface area contributed by atoms with E-state index in [4.69, 9.17) is 0 Å². The van der Waals surface area contributed by atoms with Crippen LogP contribution in [0.5, 0.6) is 0 Å². The molecule has 0 spiro atoms. The summed E-state index contributed by atoms with van der Waals surface area (Å²) in [5, 5.41) is 8.21. The van der Waals surface area contributed by atoms with Gasteiger partial charge in [-0.15, -0.1) is 0 Å². The van der Waals surface area contributed by atoms with Gasteiger partial charge < -0.3 is 10.2 Å². The fraction of sp³-hybridized carbons (Fsp3) is 0.400. The highest BCUT2D eigenvalue weighted by molar-refractivity contribution is 9.10. The third-order valence-electron chi connectivity index (χ3n) is 5.23. The Morgan fingerprint density at radius 2 is 2.07 bits per heavy atom. The monoisotopic (exact) mass is 442 g/mol. The average molecular weight is 443 g/mol. The molecule has 0 bridgehead atoms. The SMILES string of the molecule is Cc1cc(NC(=O)Cn2ncc3c(N4CCC(C)CC4)ncnc32)ccc1Br. The maximum Gasteiger partial charge on any atom is 0.246 e. The van der Waals surface area contributed by atoms with E-state index in [0.717, 1.165) is 58.8 Å². The Labute approximate surface area is 172 Å². The number of fused-ring (bicyclic) bond motifs is 1. The maximum absolute atomic E-state index is 12.5. The molecule has 1 aromatic carbocycles. The predicted molar refractivity (Wildman–Crippen MR) is 113 cm³/mol. The van der Waals surface area contributed by atoms with Crippen molar-refractivity contribution in [2.24, 2.45) is 5.92 Å². The topological polar surface area (TPSA) is 75.9 Å². The van der Waals surface area contributed by atoms with Crippen LogP contribution in [0.15, 0.2) is 35.2 Å². The van der Waals surface area contributed by atoms with Gasteiger partial charge in [0.05, 0.1) is 11.6 Å². The van der Waals surface area contributed by atoms with Crippen LogP contribution in [0.4, 0.5) is 11.5 Å². The minimum Gasteiger partial charge on any atom is -0.356 e. The van der Waals surface area contributed by atoms with Crippen molar-refractivity contribution in [3.63, 3.8) is 0 Å². The molecule has 1 saturated heterocycles. The van der Waals surface area contributed by atoms with Crippen molar-refractivity contribution in [3.05, 3.63) is 40.8 Å². The molecule has 3 aromatic rings. The highest BCUT2D eigenvalue weighted by atomic mass is 79.9. The smallest absolute Gasteiger partial charge is 0.246 e. The summed E-state index contributed by atoms with van der Waals surface area (Å²) < 4.78 is 2.65. The highest BCUT2D eigenvalue weighted by Crippen LogP contribution is 2.27. The van der Waals surface area contributed by atoms with Crippen LogP contribution < -0.4 is 10.2 Å². The highest BCUT2D eigenvalue weighted by Gasteiger charge is 2.21. The number of hydrogen-bond acceptors (Lipinski definition) is 5. The minimum atomic E-state index is -0.140. The lowest BCUT2D eigenvalue weighted by Gasteiger charge is -2.31. The molecular formula is C20H23BrN6O. The molecule has 3 heterocycles. The van der Waals surface area contributed by atoms with Crippen molar-refractivity contribution >= 4 is 44.4 Å². The first-order valence-electron chi connectivity index (χ1n) is 9.48. The van der Waals surface area contributed by atoms with E-state index in [2.05, 4.69) is 48.1 Å². The molecule has 2 aromatic heterocycles. The Kier molecular flexibility index (Phi) is 5.30. The fourth-order valence-electron chi connectivity index (χ4n) is 3.53. The molecule has 1 amide bonds. The Morgan fingerprint density at radius 1 is 1.29 bits per heavy atom. The van der Waals surface area contributed by atoms with E-state index in [9.17, 15) is 4.79 Å². The number of halogens is 1. The Bertz CT molecular complexity index is 1010. The first-order chi connectivity index (χ1) is 13.5. The van der Waals surface area contributed by atoms with Crippen molar-refractivity contribution in [2.75, 3.05) is 23.3 Å². The van der Waals surface area contributed by atoms with Crippen LogP contribution in [-0.4, -0.2) is 38.7 Å². The summed E-state index contributed by atoms with van der Waals surface area (Å²) in [5.41, 5.74) is 2.52. The zero-order valence-electron chi connectivity index (χ0n) is 16.0. The Hall–Kier alpha value is -2.48. The van der Waals surface area contributed by atoms with Crippen LogP contribution in [0.25, 0.3) is 11.0 Å². The van der Waals surface area contributed by atoms with Crippen molar-refractivity contribution in [3.8, 4) is 0 Å². The second-order valence-corrected chi connectivity index (χ2v) is 8.27. The van der Waals surface area contributed by atoms with Crippen molar-refractivity contribution in [1.82, 2.24) is 19.7 Å². The van der Waals surface area contributed by atoms with Crippen LogP contribution in [0.3, 0.4) is 0 Å². The van der Waals surface area contributed by atoms with Gasteiger partial charge in [-0.05, 0) is 49.4 Å². The molecule has 4 rings (SSSR count). The largest absolute Gasteiger partial charge is 0.356 e. The number of carbonyl (C=O) groups excluding carboxylic acids is 1. The van der Waals surface area contributed by atoms with Gasteiger partial charge in [0.25, 0.3) is 0 Å². The van der Waals surface area contributed by atoms with Crippen LogP contribution in [-0.2, 0) is 11.3 Å². The lowest BCUT2D eigenvalue weighted by Crippen LogP contribution is -2.33. The van der Waals surface area contributed by atoms with Gasteiger partial charge in [0, 0.05) is 23.2 Å². The quantitative estimate of drug-likeness (QED) is 0.665. The van der Waals surface area contributed by atoms with Gasteiger partial charge in [0.1, 0.15) is 18.7 Å². The molecule has 0 aliphatic carbocycles. The van der Waals surface area contributed by atoms with Crippen molar-refractivity contribution in [1.29, 1.82) is 0 Å². The number of nitrogens with one attached hydrogen (secondary N) is 1. The summed E-state index contributed by atoms with van der Waals surface area (Å²) >= 11 is 3.47. The molecule has 8 heteroatoms. The van der Waals surface area contributed by atoms with Crippen LogP contribution in [0.2, 0.25) is 0 Å². The molecule has 0 atom stereocenters. The number of benzene rings is 1. The lowest BCUT2D eigenvalue weighted by molar-refractivity contribution is -0.116. The third kappa shape index (κ3) is 3.87. The minimum absolute atomic E-state index is 0.103. The Balaban J connectivity index is 1.52. The van der Waals surface area contributed by atoms with E-state index >= 15 is 0 Å². The lowest BCUT2D eigenvalue weighted by atomic mass is 9.99. The van der Waals surface area contributed by atoms with Crippen molar-refractivity contribution < 1.29 is 4.79 Å². The number of amides is 1. The summed E-state index contributed by atoms with van der Waals surface area (Å²) in [5.74, 6) is 1.52. The molecule has 7 nitrogen and oxygen atoms in total. The summed E-state index contributed by atoms with van der Waals surface area (Å²) in [6, 6.07) is 5.72. The summed E-state index contributed by atoms with van der Waals surface area (Å²) in [6.07, 6.45) is 5.65. The third-order valence-corrected chi connectivity index (χ3v) is 6.12. The summed E-state index contributed by atoms with van der Waals surface area (Å²) in [6.45, 7) is 6.35. The van der Waals surface area contributed by atoms with Crippen molar-refractivity contribution in [2.45, 2.75) is 33.2 Å². The van der Waals surface area contributed by atoms with Crippen LogP contribution in [0.1, 0.15) is 25.3 Å². The molecule has 0 radical (unpaired) electrons. The summed E-state index contributed by atoms with van der Waals surface area (Å²) in [7, 11) is 0. The molecule has 146 valence electrons. The molecule has 1 aliphatic rings.